The quantitative estimate of drug-likeness (QED) is 0.495. The second kappa shape index (κ2) is 9.72. The van der Waals surface area contributed by atoms with Gasteiger partial charge >= 0.3 is 5.91 Å². The summed E-state index contributed by atoms with van der Waals surface area (Å²) in [5.74, 6) is -0.519. The lowest BCUT2D eigenvalue weighted by Crippen LogP contribution is -2.29. The van der Waals surface area contributed by atoms with E-state index >= 15 is 0 Å². The molecule has 1 amide bonds. The summed E-state index contributed by atoms with van der Waals surface area (Å²) >= 11 is 12.2. The molecule has 0 aliphatic carbocycles. The van der Waals surface area contributed by atoms with E-state index in [-0.39, 0.29) is 18.6 Å². The van der Waals surface area contributed by atoms with E-state index in [0.717, 1.165) is 11.8 Å². The highest BCUT2D eigenvalue weighted by molar-refractivity contribution is 6.32. The van der Waals surface area contributed by atoms with Crippen molar-refractivity contribution in [3.8, 4) is 5.75 Å². The van der Waals surface area contributed by atoms with Crippen molar-refractivity contribution in [3.63, 3.8) is 0 Å². The van der Waals surface area contributed by atoms with Crippen LogP contribution in [0, 0.1) is 4.91 Å². The Morgan fingerprint density at radius 1 is 1.19 bits per heavy atom. The minimum Gasteiger partial charge on any atom is -0.489 e. The number of carbonyl (C=O) groups is 1. The molecule has 3 rings (SSSR count). The van der Waals surface area contributed by atoms with Crippen LogP contribution >= 0.6 is 23.2 Å². The molecule has 0 aliphatic heterocycles. The Morgan fingerprint density at radius 3 is 2.52 bits per heavy atom. The number of carbonyl (C=O) groups excluding carboxylic acids is 1. The summed E-state index contributed by atoms with van der Waals surface area (Å²) < 4.78 is 6.85. The first-order valence-corrected chi connectivity index (χ1v) is 9.99. The molecule has 0 atom stereocenters. The van der Waals surface area contributed by atoms with Gasteiger partial charge in [-0.05, 0) is 49.7 Å². The van der Waals surface area contributed by atoms with Gasteiger partial charge in [0.2, 0.25) is 5.95 Å². The van der Waals surface area contributed by atoms with Crippen LogP contribution in [0.15, 0.2) is 58.6 Å². The van der Waals surface area contributed by atoms with E-state index in [9.17, 15) is 14.5 Å². The van der Waals surface area contributed by atoms with Crippen molar-refractivity contribution in [1.29, 1.82) is 0 Å². The summed E-state index contributed by atoms with van der Waals surface area (Å²) in [6.07, 6.45) is 0.976. The Labute approximate surface area is 187 Å². The molecule has 0 spiro atoms. The van der Waals surface area contributed by atoms with Crippen molar-refractivity contribution < 1.29 is 9.53 Å². The number of ether oxygens (including phenoxy) is 1. The molecule has 3 aromatic rings. The molecule has 0 saturated heterocycles. The van der Waals surface area contributed by atoms with Gasteiger partial charge in [0.25, 0.3) is 5.56 Å². The van der Waals surface area contributed by atoms with E-state index < -0.39 is 17.0 Å². The van der Waals surface area contributed by atoms with E-state index in [1.807, 2.05) is 13.8 Å². The average Bonchev–Trinajstić information content (AvgIpc) is 2.73. The molecule has 31 heavy (non-hydrogen) atoms. The lowest BCUT2D eigenvalue weighted by atomic mass is 10.2. The van der Waals surface area contributed by atoms with Crippen LogP contribution in [0.2, 0.25) is 10.0 Å². The first kappa shape index (κ1) is 22.5. The Morgan fingerprint density at radius 2 is 1.90 bits per heavy atom. The smallest absolute Gasteiger partial charge is 0.323 e. The van der Waals surface area contributed by atoms with Crippen molar-refractivity contribution in [2.45, 2.75) is 26.5 Å². The molecule has 160 valence electrons. The van der Waals surface area contributed by atoms with Gasteiger partial charge < -0.3 is 10.1 Å². The molecule has 1 N–H and O–H groups in total. The molecule has 0 bridgehead atoms. The Kier molecular flexibility index (Phi) is 7.04. The highest BCUT2D eigenvalue weighted by atomic mass is 35.5. The summed E-state index contributed by atoms with van der Waals surface area (Å²) in [6, 6.07) is 11.9. The topological polar surface area (TPSA) is 103 Å². The van der Waals surface area contributed by atoms with Crippen LogP contribution in [0.1, 0.15) is 29.8 Å². The fourth-order valence-electron chi connectivity index (χ4n) is 2.76. The SMILES string of the molecule is CC(C)Oc1ccc(Nc2ncc(C(=O)N=O)c(=O)n2Cc2ccc(Cl)cc2)cc1Cl. The van der Waals surface area contributed by atoms with Gasteiger partial charge in [-0.25, -0.2) is 4.98 Å². The molecular formula is C21H18Cl2N4O4. The minimum atomic E-state index is -1.19. The van der Waals surface area contributed by atoms with Crippen LogP contribution in [0.5, 0.6) is 5.75 Å². The number of rotatable bonds is 7. The molecule has 1 heterocycles. The van der Waals surface area contributed by atoms with Crippen LogP contribution in [0.3, 0.4) is 0 Å². The normalized spacial score (nSPS) is 10.7. The number of amides is 1. The standard InChI is InChI=1S/C21H18Cl2N4O4/c1-12(2)31-18-8-7-15(9-17(18)23)25-21-24-10-16(19(28)26-30)20(29)27(21)11-13-3-5-14(22)6-4-13/h3-10,12H,11H2,1-2H3,(H,24,25). The zero-order valence-corrected chi connectivity index (χ0v) is 18.1. The highest BCUT2D eigenvalue weighted by Crippen LogP contribution is 2.29. The number of hydrogen-bond acceptors (Lipinski definition) is 6. The van der Waals surface area contributed by atoms with Crippen molar-refractivity contribution >= 4 is 40.7 Å². The largest absolute Gasteiger partial charge is 0.489 e. The fraction of sp³-hybridized carbons (Fsp3) is 0.190. The van der Waals surface area contributed by atoms with Crippen molar-refractivity contribution in [1.82, 2.24) is 9.55 Å². The molecule has 1 aromatic heterocycles. The first-order chi connectivity index (χ1) is 14.8. The molecule has 0 unspecified atom stereocenters. The van der Waals surface area contributed by atoms with Crippen LogP contribution in [-0.4, -0.2) is 21.6 Å². The molecule has 0 fully saturated rings. The number of hydrogen-bond donors (Lipinski definition) is 1. The van der Waals surface area contributed by atoms with Gasteiger partial charge in [0.05, 0.1) is 17.7 Å². The Hall–Kier alpha value is -3.23. The summed E-state index contributed by atoms with van der Waals surface area (Å²) in [4.78, 5) is 39.4. The van der Waals surface area contributed by atoms with Gasteiger partial charge in [-0.3, -0.25) is 14.2 Å². The third kappa shape index (κ3) is 5.48. The predicted molar refractivity (Wildman–Crippen MR) is 120 cm³/mol. The second-order valence-corrected chi connectivity index (χ2v) is 7.69. The summed E-state index contributed by atoms with van der Waals surface area (Å²) in [5.41, 5.74) is 0.153. The number of aromatic nitrogens is 2. The maximum absolute atomic E-state index is 12.9. The van der Waals surface area contributed by atoms with E-state index in [1.54, 1.807) is 42.5 Å². The average molecular weight is 461 g/mol. The minimum absolute atomic E-state index is 0.0426. The third-order valence-electron chi connectivity index (χ3n) is 4.17. The van der Waals surface area contributed by atoms with Crippen LogP contribution in [0.4, 0.5) is 11.6 Å². The van der Waals surface area contributed by atoms with Gasteiger partial charge in [0, 0.05) is 22.1 Å². The van der Waals surface area contributed by atoms with Gasteiger partial charge in [0.1, 0.15) is 11.3 Å². The fourth-order valence-corrected chi connectivity index (χ4v) is 3.12. The Balaban J connectivity index is 2.00. The second-order valence-electron chi connectivity index (χ2n) is 6.85. The molecule has 0 saturated carbocycles. The predicted octanol–water partition coefficient (Wildman–Crippen LogP) is 5.04. The molecule has 8 nitrogen and oxygen atoms in total. The zero-order chi connectivity index (χ0) is 22.5. The Bertz CT molecular complexity index is 1180. The summed E-state index contributed by atoms with van der Waals surface area (Å²) in [7, 11) is 0. The molecule has 2 aromatic carbocycles. The number of nitrogens with zero attached hydrogens (tertiary/aromatic N) is 3. The third-order valence-corrected chi connectivity index (χ3v) is 4.71. The summed E-state index contributed by atoms with van der Waals surface area (Å²) in [5, 5.41) is 6.26. The maximum Gasteiger partial charge on any atom is 0.323 e. The van der Waals surface area contributed by atoms with E-state index in [4.69, 9.17) is 27.9 Å². The van der Waals surface area contributed by atoms with E-state index in [2.05, 4.69) is 15.5 Å². The lowest BCUT2D eigenvalue weighted by molar-refractivity contribution is 0.0998. The number of halogens is 2. The van der Waals surface area contributed by atoms with Crippen molar-refractivity contribution in [2.75, 3.05) is 5.32 Å². The number of nitroso groups, excluding NO2 is 1. The van der Waals surface area contributed by atoms with Crippen LogP contribution in [-0.2, 0) is 6.54 Å². The van der Waals surface area contributed by atoms with Crippen LogP contribution < -0.4 is 15.6 Å². The maximum atomic E-state index is 12.9. The van der Waals surface area contributed by atoms with Gasteiger partial charge in [-0.1, -0.05) is 35.3 Å². The molecular weight excluding hydrogens is 443 g/mol. The first-order valence-electron chi connectivity index (χ1n) is 9.23. The summed E-state index contributed by atoms with van der Waals surface area (Å²) in [6.45, 7) is 3.85. The monoisotopic (exact) mass is 460 g/mol. The zero-order valence-electron chi connectivity index (χ0n) is 16.6. The van der Waals surface area contributed by atoms with Crippen LogP contribution in [0.25, 0.3) is 0 Å². The van der Waals surface area contributed by atoms with Gasteiger partial charge in [-0.2, -0.15) is 0 Å². The molecule has 0 aliphatic rings. The molecule has 10 heteroatoms. The highest BCUT2D eigenvalue weighted by Gasteiger charge is 2.18. The molecule has 0 radical (unpaired) electrons. The van der Waals surface area contributed by atoms with Gasteiger partial charge in [0.15, 0.2) is 0 Å². The number of anilines is 2. The lowest BCUT2D eigenvalue weighted by Gasteiger charge is -2.16. The van der Waals surface area contributed by atoms with Crippen molar-refractivity contribution in [3.05, 3.63) is 85.1 Å². The van der Waals surface area contributed by atoms with Gasteiger partial charge in [-0.15, -0.1) is 4.91 Å². The number of nitrogens with one attached hydrogen (secondary N) is 1. The van der Waals surface area contributed by atoms with E-state index in [1.165, 1.54) is 4.57 Å². The van der Waals surface area contributed by atoms with Crippen molar-refractivity contribution in [2.24, 2.45) is 5.18 Å². The van der Waals surface area contributed by atoms with E-state index in [0.29, 0.717) is 21.5 Å². The number of benzene rings is 2.